The zero-order chi connectivity index (χ0) is 22.2. The molecule has 0 bridgehead atoms. The number of aliphatic imine (C=N–C) groups is 1. The van der Waals surface area contributed by atoms with Gasteiger partial charge in [-0.3, -0.25) is 4.99 Å². The third-order valence-corrected chi connectivity index (χ3v) is 5.90. The van der Waals surface area contributed by atoms with Crippen molar-refractivity contribution in [1.82, 2.24) is 0 Å². The van der Waals surface area contributed by atoms with Gasteiger partial charge >= 0.3 is 0 Å². The Labute approximate surface area is 187 Å². The predicted molar refractivity (Wildman–Crippen MR) is 135 cm³/mol. The number of rotatable bonds is 1. The van der Waals surface area contributed by atoms with Crippen LogP contribution in [0.25, 0.3) is 11.1 Å². The smallest absolute Gasteiger partial charge is 0.0670 e. The van der Waals surface area contributed by atoms with Gasteiger partial charge in [0.25, 0.3) is 0 Å². The standard InChI is InChI=1S/C14H13N3.C13H12N2/c15-11-3-1-9(2-4-11)14-8-10-7-12(16)5-6-13(10)17-14;14-10-3-1-8-5-9-2-4-11(15)7-13(9)12(8)6-10/h1-7H,8,15-16H2;1-4,6-7H,5,14-15H2. The quantitative estimate of drug-likeness (QED) is 0.288. The molecule has 5 heteroatoms. The number of benzene rings is 4. The van der Waals surface area contributed by atoms with Crippen LogP contribution in [0.4, 0.5) is 28.4 Å². The molecular weight excluding hydrogens is 394 g/mol. The Balaban J connectivity index is 0.000000136. The monoisotopic (exact) mass is 419 g/mol. The van der Waals surface area contributed by atoms with Crippen molar-refractivity contribution in [2.75, 3.05) is 22.9 Å². The summed E-state index contributed by atoms with van der Waals surface area (Å²) < 4.78 is 0. The van der Waals surface area contributed by atoms with Crippen molar-refractivity contribution in [3.8, 4) is 11.1 Å². The Bertz CT molecular complexity index is 1300. The molecule has 0 saturated carbocycles. The van der Waals surface area contributed by atoms with Crippen LogP contribution >= 0.6 is 0 Å². The highest BCUT2D eigenvalue weighted by atomic mass is 14.8. The molecule has 32 heavy (non-hydrogen) atoms. The van der Waals surface area contributed by atoms with E-state index in [1.54, 1.807) is 0 Å². The van der Waals surface area contributed by atoms with Gasteiger partial charge < -0.3 is 22.9 Å². The van der Waals surface area contributed by atoms with Gasteiger partial charge in [-0.25, -0.2) is 0 Å². The fraction of sp³-hybridized carbons (Fsp3) is 0.0741. The van der Waals surface area contributed by atoms with Gasteiger partial charge in [0.2, 0.25) is 0 Å². The van der Waals surface area contributed by atoms with E-state index in [1.165, 1.54) is 27.8 Å². The third kappa shape index (κ3) is 3.76. The van der Waals surface area contributed by atoms with Crippen LogP contribution in [0.15, 0.2) is 83.9 Å². The first kappa shape index (κ1) is 19.7. The largest absolute Gasteiger partial charge is 0.399 e. The van der Waals surface area contributed by atoms with Crippen LogP contribution in [0.1, 0.15) is 22.3 Å². The number of nitrogens with two attached hydrogens (primary N) is 4. The van der Waals surface area contributed by atoms with Crippen molar-refractivity contribution in [3.63, 3.8) is 0 Å². The maximum atomic E-state index is 5.79. The average molecular weight is 420 g/mol. The molecule has 0 atom stereocenters. The van der Waals surface area contributed by atoms with E-state index < -0.39 is 0 Å². The molecule has 1 aliphatic carbocycles. The highest BCUT2D eigenvalue weighted by Crippen LogP contribution is 2.38. The molecule has 6 rings (SSSR count). The lowest BCUT2D eigenvalue weighted by Crippen LogP contribution is -2.00. The molecule has 0 radical (unpaired) electrons. The molecule has 1 aliphatic heterocycles. The second-order valence-electron chi connectivity index (χ2n) is 8.26. The predicted octanol–water partition coefficient (Wildman–Crippen LogP) is 4.95. The maximum Gasteiger partial charge on any atom is 0.0670 e. The van der Waals surface area contributed by atoms with Crippen LogP contribution in [0, 0.1) is 0 Å². The minimum atomic E-state index is 0.772. The number of anilines is 4. The summed E-state index contributed by atoms with van der Waals surface area (Å²) in [5, 5.41) is 0. The first-order valence-corrected chi connectivity index (χ1v) is 10.6. The minimum absolute atomic E-state index is 0.772. The molecule has 5 nitrogen and oxygen atoms in total. The molecule has 4 aromatic carbocycles. The van der Waals surface area contributed by atoms with Gasteiger partial charge in [0.15, 0.2) is 0 Å². The second kappa shape index (κ2) is 7.78. The van der Waals surface area contributed by atoms with Crippen molar-refractivity contribution in [2.24, 2.45) is 4.99 Å². The fourth-order valence-corrected chi connectivity index (χ4v) is 4.27. The van der Waals surface area contributed by atoms with Crippen molar-refractivity contribution >= 4 is 34.1 Å². The van der Waals surface area contributed by atoms with E-state index in [0.29, 0.717) is 0 Å². The molecule has 0 spiro atoms. The Morgan fingerprint density at radius 3 is 1.66 bits per heavy atom. The van der Waals surface area contributed by atoms with E-state index in [1.807, 2.05) is 66.7 Å². The Kier molecular flexibility index (Phi) is 4.79. The van der Waals surface area contributed by atoms with E-state index in [9.17, 15) is 0 Å². The number of hydrogen-bond acceptors (Lipinski definition) is 5. The summed E-state index contributed by atoms with van der Waals surface area (Å²) in [7, 11) is 0. The number of hydrogen-bond donors (Lipinski definition) is 4. The summed E-state index contributed by atoms with van der Waals surface area (Å²) >= 11 is 0. The normalized spacial score (nSPS) is 12.8. The molecule has 4 aromatic rings. The fourth-order valence-electron chi connectivity index (χ4n) is 4.27. The van der Waals surface area contributed by atoms with Crippen molar-refractivity contribution in [3.05, 3.63) is 101 Å². The molecule has 0 amide bonds. The van der Waals surface area contributed by atoms with Crippen molar-refractivity contribution in [2.45, 2.75) is 12.8 Å². The first-order valence-electron chi connectivity index (χ1n) is 10.6. The molecular formula is C27H25N5. The lowest BCUT2D eigenvalue weighted by atomic mass is 10.0. The molecule has 8 N–H and O–H groups in total. The molecule has 0 aromatic heterocycles. The number of fused-ring (bicyclic) bond motifs is 4. The molecule has 1 heterocycles. The lowest BCUT2D eigenvalue weighted by Gasteiger charge is -2.02. The average Bonchev–Trinajstić information content (AvgIpc) is 3.35. The van der Waals surface area contributed by atoms with Gasteiger partial charge in [-0.05, 0) is 94.4 Å². The Morgan fingerprint density at radius 2 is 1.03 bits per heavy atom. The summed E-state index contributed by atoms with van der Waals surface area (Å²) in [4.78, 5) is 4.61. The third-order valence-electron chi connectivity index (χ3n) is 5.90. The number of nitrogen functional groups attached to an aromatic ring is 4. The lowest BCUT2D eigenvalue weighted by molar-refractivity contribution is 1.26. The van der Waals surface area contributed by atoms with Crippen molar-refractivity contribution < 1.29 is 0 Å². The van der Waals surface area contributed by atoms with Gasteiger partial charge in [-0.2, -0.15) is 0 Å². The van der Waals surface area contributed by atoms with E-state index in [4.69, 9.17) is 22.9 Å². The summed E-state index contributed by atoms with van der Waals surface area (Å²) in [6, 6.07) is 25.8. The molecule has 2 aliphatic rings. The zero-order valence-electron chi connectivity index (χ0n) is 17.7. The van der Waals surface area contributed by atoms with Gasteiger partial charge in [-0.1, -0.05) is 24.3 Å². The van der Waals surface area contributed by atoms with Gasteiger partial charge in [-0.15, -0.1) is 0 Å². The van der Waals surface area contributed by atoms with E-state index in [-0.39, 0.29) is 0 Å². The summed E-state index contributed by atoms with van der Waals surface area (Å²) in [5.74, 6) is 0. The van der Waals surface area contributed by atoms with E-state index >= 15 is 0 Å². The number of nitrogens with zero attached hydrogens (tertiary/aromatic N) is 1. The summed E-state index contributed by atoms with van der Waals surface area (Å²) in [5.41, 5.74) is 35.8. The van der Waals surface area contributed by atoms with E-state index in [0.717, 1.165) is 52.6 Å². The van der Waals surface area contributed by atoms with Crippen LogP contribution in [0.2, 0.25) is 0 Å². The van der Waals surface area contributed by atoms with Gasteiger partial charge in [0, 0.05) is 29.2 Å². The van der Waals surface area contributed by atoms with Crippen LogP contribution in [0.3, 0.4) is 0 Å². The minimum Gasteiger partial charge on any atom is -0.399 e. The SMILES string of the molecule is Nc1ccc(C2=Nc3ccc(N)cc3C2)cc1.Nc1ccc2c(c1)-c1cc(N)ccc1C2. The van der Waals surface area contributed by atoms with Gasteiger partial charge in [0.1, 0.15) is 0 Å². The highest BCUT2D eigenvalue weighted by Gasteiger charge is 2.18. The van der Waals surface area contributed by atoms with E-state index in [2.05, 4.69) is 17.1 Å². The summed E-state index contributed by atoms with van der Waals surface area (Å²) in [6.07, 6.45) is 1.83. The first-order chi connectivity index (χ1) is 15.5. The van der Waals surface area contributed by atoms with Crippen molar-refractivity contribution in [1.29, 1.82) is 0 Å². The molecule has 0 fully saturated rings. The molecule has 0 unspecified atom stereocenters. The van der Waals surface area contributed by atoms with Crippen LogP contribution in [-0.4, -0.2) is 5.71 Å². The highest BCUT2D eigenvalue weighted by molar-refractivity contribution is 6.06. The zero-order valence-corrected chi connectivity index (χ0v) is 17.7. The summed E-state index contributed by atoms with van der Waals surface area (Å²) in [6.45, 7) is 0. The van der Waals surface area contributed by atoms with Crippen LogP contribution < -0.4 is 22.9 Å². The van der Waals surface area contributed by atoms with Gasteiger partial charge in [0.05, 0.1) is 11.4 Å². The maximum absolute atomic E-state index is 5.79. The Hall–Kier alpha value is -4.25. The molecule has 0 saturated heterocycles. The van der Waals surface area contributed by atoms with Crippen LogP contribution in [0.5, 0.6) is 0 Å². The van der Waals surface area contributed by atoms with Crippen LogP contribution in [-0.2, 0) is 12.8 Å². The second-order valence-corrected chi connectivity index (χ2v) is 8.26. The topological polar surface area (TPSA) is 116 Å². The molecule has 158 valence electrons. The Morgan fingerprint density at radius 1 is 0.500 bits per heavy atom.